The highest BCUT2D eigenvalue weighted by Gasteiger charge is 2.36. The van der Waals surface area contributed by atoms with E-state index in [0.717, 1.165) is 32.6 Å². The summed E-state index contributed by atoms with van der Waals surface area (Å²) in [5.74, 6) is 0.775. The van der Waals surface area contributed by atoms with Crippen LogP contribution in [0.25, 0.3) is 0 Å². The Labute approximate surface area is 214 Å². The molecule has 4 aromatic rings. The van der Waals surface area contributed by atoms with Gasteiger partial charge in [-0.2, -0.15) is 0 Å². The Morgan fingerprint density at radius 2 is 1.11 bits per heavy atom. The Morgan fingerprint density at radius 3 is 1.61 bits per heavy atom. The van der Waals surface area contributed by atoms with E-state index >= 15 is 0 Å². The monoisotopic (exact) mass is 505 g/mol. The molecule has 0 spiro atoms. The zero-order chi connectivity index (χ0) is 24.8. The lowest BCUT2D eigenvalue weighted by molar-refractivity contribution is 1.49. The van der Waals surface area contributed by atoms with Crippen molar-refractivity contribution in [1.29, 1.82) is 0 Å². The number of hydrogen-bond acceptors (Lipinski definition) is 3. The van der Waals surface area contributed by atoms with Gasteiger partial charge in [0.15, 0.2) is 5.84 Å². The quantitative estimate of drug-likeness (QED) is 0.187. The average Bonchev–Trinajstić information content (AvgIpc) is 2.97. The molecule has 0 saturated heterocycles. The molecule has 1 aliphatic heterocycles. The molecule has 5 heteroatoms. The molecule has 0 radical (unpaired) electrons. The van der Waals surface area contributed by atoms with E-state index in [0.29, 0.717) is 0 Å². The minimum Gasteiger partial charge on any atom is -0.223 e. The second-order valence-corrected chi connectivity index (χ2v) is 14.3. The van der Waals surface area contributed by atoms with Crippen LogP contribution in [0.15, 0.2) is 159 Å². The molecule has 3 nitrogen and oxygen atoms in total. The Balaban J connectivity index is 1.99. The fourth-order valence-corrected chi connectivity index (χ4v) is 12.1. The van der Waals surface area contributed by atoms with Gasteiger partial charge in [0.1, 0.15) is 14.4 Å². The van der Waals surface area contributed by atoms with Gasteiger partial charge in [0.2, 0.25) is 0 Å². The van der Waals surface area contributed by atoms with Crippen molar-refractivity contribution in [3.63, 3.8) is 0 Å². The average molecular weight is 506 g/mol. The molecule has 5 rings (SSSR count). The van der Waals surface area contributed by atoms with Crippen LogP contribution in [0.3, 0.4) is 0 Å². The molecule has 178 valence electrons. The molecular formula is C31H29N3P2. The van der Waals surface area contributed by atoms with Crippen molar-refractivity contribution in [2.24, 2.45) is 14.0 Å². The molecule has 0 bridgehead atoms. The van der Waals surface area contributed by atoms with E-state index in [2.05, 4.69) is 140 Å². The second-order valence-electron chi connectivity index (χ2n) is 8.52. The van der Waals surface area contributed by atoms with Crippen molar-refractivity contribution in [2.45, 2.75) is 13.8 Å². The standard InChI is InChI=1S/C31H29N3P2/c1-3-4-17-26(2)35(28-20-11-6-12-21-28)32-31(27-18-9-5-10-19-27)33-36(34-35,29-22-13-7-14-23-29)30-24-15-8-16-25-30/h3-25H,1-2H3. The third-order valence-corrected chi connectivity index (χ3v) is 13.4. The Hall–Kier alpha value is -3.51. The van der Waals surface area contributed by atoms with Crippen molar-refractivity contribution in [3.8, 4) is 0 Å². The molecule has 1 atom stereocenters. The third kappa shape index (κ3) is 4.53. The first-order valence-corrected chi connectivity index (χ1v) is 15.5. The van der Waals surface area contributed by atoms with Crippen molar-refractivity contribution in [1.82, 2.24) is 0 Å². The predicted octanol–water partition coefficient (Wildman–Crippen LogP) is 8.14. The van der Waals surface area contributed by atoms with Gasteiger partial charge >= 0.3 is 0 Å². The summed E-state index contributed by atoms with van der Waals surface area (Å²) in [6.45, 7) is 4.21. The summed E-state index contributed by atoms with van der Waals surface area (Å²) in [5.41, 5.74) is 1.02. The normalized spacial score (nSPS) is 19.3. The van der Waals surface area contributed by atoms with Crippen molar-refractivity contribution < 1.29 is 0 Å². The molecule has 0 fully saturated rings. The van der Waals surface area contributed by atoms with Crippen LogP contribution in [0.5, 0.6) is 0 Å². The van der Waals surface area contributed by atoms with Gasteiger partial charge in [0, 0.05) is 21.5 Å². The van der Waals surface area contributed by atoms with Crippen LogP contribution >= 0.6 is 14.4 Å². The molecular weight excluding hydrogens is 476 g/mol. The number of benzene rings is 4. The molecule has 36 heavy (non-hydrogen) atoms. The lowest BCUT2D eigenvalue weighted by Gasteiger charge is -2.33. The van der Waals surface area contributed by atoms with E-state index in [1.807, 2.05) is 13.0 Å². The van der Waals surface area contributed by atoms with Gasteiger partial charge in [-0.1, -0.05) is 140 Å². The van der Waals surface area contributed by atoms with Gasteiger partial charge < -0.3 is 0 Å². The van der Waals surface area contributed by atoms with Gasteiger partial charge in [-0.15, -0.1) is 0 Å². The highest BCUT2D eigenvalue weighted by atomic mass is 31.2. The molecule has 0 saturated carbocycles. The van der Waals surface area contributed by atoms with Crippen LogP contribution in [-0.4, -0.2) is 5.84 Å². The molecule has 0 N–H and O–H groups in total. The van der Waals surface area contributed by atoms with E-state index in [1.54, 1.807) is 0 Å². The van der Waals surface area contributed by atoms with Gasteiger partial charge in [-0.25, -0.2) is 14.0 Å². The molecule has 0 amide bonds. The maximum Gasteiger partial charge on any atom is 0.161 e. The largest absolute Gasteiger partial charge is 0.223 e. The number of allylic oxidation sites excluding steroid dienone is 4. The summed E-state index contributed by atoms with van der Waals surface area (Å²) in [6.07, 6.45) is 6.31. The number of nitrogens with zero attached hydrogens (tertiary/aromatic N) is 3. The third-order valence-electron chi connectivity index (χ3n) is 6.14. The van der Waals surface area contributed by atoms with E-state index in [-0.39, 0.29) is 0 Å². The van der Waals surface area contributed by atoms with Gasteiger partial charge in [0.25, 0.3) is 0 Å². The highest BCUT2D eigenvalue weighted by molar-refractivity contribution is 7.89. The number of rotatable bonds is 6. The van der Waals surface area contributed by atoms with E-state index in [4.69, 9.17) is 14.0 Å². The van der Waals surface area contributed by atoms with Crippen molar-refractivity contribution in [2.75, 3.05) is 0 Å². The second kappa shape index (κ2) is 10.6. The minimum atomic E-state index is -2.59. The van der Waals surface area contributed by atoms with Crippen LogP contribution in [0.2, 0.25) is 0 Å². The lowest BCUT2D eigenvalue weighted by Crippen LogP contribution is -2.20. The van der Waals surface area contributed by atoms with Gasteiger partial charge in [-0.3, -0.25) is 0 Å². The fourth-order valence-electron chi connectivity index (χ4n) is 4.30. The van der Waals surface area contributed by atoms with Crippen molar-refractivity contribution in [3.05, 3.63) is 150 Å². The summed E-state index contributed by atoms with van der Waals surface area (Å²) in [4.78, 5) is 0. The smallest absolute Gasteiger partial charge is 0.161 e. The first kappa shape index (κ1) is 24.2. The summed E-state index contributed by atoms with van der Waals surface area (Å²) < 4.78 is 16.8. The highest BCUT2D eigenvalue weighted by Crippen LogP contribution is 2.69. The Bertz CT molecular complexity index is 1490. The molecule has 1 unspecified atom stereocenters. The summed E-state index contributed by atoms with van der Waals surface area (Å²) in [5, 5.41) is 4.58. The summed E-state index contributed by atoms with van der Waals surface area (Å²) in [6, 6.07) is 42.1. The molecule has 4 aromatic carbocycles. The van der Waals surface area contributed by atoms with Crippen LogP contribution in [0.1, 0.15) is 19.4 Å². The van der Waals surface area contributed by atoms with Crippen LogP contribution < -0.4 is 15.9 Å². The van der Waals surface area contributed by atoms with E-state index < -0.39 is 14.4 Å². The fraction of sp³-hybridized carbons (Fsp3) is 0.0645. The SMILES string of the molecule is CC=CC=C(C)P1(c2ccccc2)=NP(c2ccccc2)(c2ccccc2)=NC(c2ccccc2)=N1. The lowest BCUT2D eigenvalue weighted by atomic mass is 10.2. The van der Waals surface area contributed by atoms with Crippen LogP contribution in [-0.2, 0) is 0 Å². The van der Waals surface area contributed by atoms with E-state index in [1.165, 1.54) is 0 Å². The van der Waals surface area contributed by atoms with Crippen molar-refractivity contribution >= 4 is 36.2 Å². The topological polar surface area (TPSA) is 37.1 Å². The summed E-state index contributed by atoms with van der Waals surface area (Å²) >= 11 is 0. The minimum absolute atomic E-state index is 0.775. The maximum atomic E-state index is 5.85. The van der Waals surface area contributed by atoms with Crippen LogP contribution in [0.4, 0.5) is 0 Å². The maximum absolute atomic E-state index is 5.85. The summed E-state index contributed by atoms with van der Waals surface area (Å²) in [7, 11) is -5.14. The predicted molar refractivity (Wildman–Crippen MR) is 158 cm³/mol. The first-order valence-electron chi connectivity index (χ1n) is 12.1. The molecule has 1 aliphatic rings. The number of amidine groups is 1. The first-order chi connectivity index (χ1) is 17.7. The van der Waals surface area contributed by atoms with E-state index in [9.17, 15) is 0 Å². The molecule has 0 aromatic heterocycles. The number of hydrogen-bond donors (Lipinski definition) is 0. The zero-order valence-corrected chi connectivity index (χ0v) is 22.3. The van der Waals surface area contributed by atoms with Gasteiger partial charge in [-0.05, 0) is 19.2 Å². The molecule has 0 aliphatic carbocycles. The van der Waals surface area contributed by atoms with Gasteiger partial charge in [0.05, 0.1) is 0 Å². The van der Waals surface area contributed by atoms with Crippen LogP contribution in [0, 0.1) is 0 Å². The Kier molecular flexibility index (Phi) is 7.14. The zero-order valence-electron chi connectivity index (χ0n) is 20.5. The molecule has 1 heterocycles. The Morgan fingerprint density at radius 1 is 0.639 bits per heavy atom.